The van der Waals surface area contributed by atoms with E-state index in [1.165, 1.54) is 0 Å². The molecule has 4 nitrogen and oxygen atoms in total. The van der Waals surface area contributed by atoms with Gasteiger partial charge in [-0.2, -0.15) is 0 Å². The lowest BCUT2D eigenvalue weighted by molar-refractivity contribution is 0.242. The maximum Gasteiger partial charge on any atom is 0.104 e. The topological polar surface area (TPSA) is 80.9 Å². The summed E-state index contributed by atoms with van der Waals surface area (Å²) in [5, 5.41) is 32.5. The van der Waals surface area contributed by atoms with Crippen molar-refractivity contribution in [1.82, 2.24) is 0 Å². The van der Waals surface area contributed by atoms with Gasteiger partial charge < -0.3 is 20.4 Å². The highest BCUT2D eigenvalue weighted by Gasteiger charge is 1.77. The van der Waals surface area contributed by atoms with Crippen LogP contribution in [0.2, 0.25) is 0 Å². The third kappa shape index (κ3) is 22.5. The molecular formula is C10H20O4. The summed E-state index contributed by atoms with van der Waals surface area (Å²) in [6, 6.07) is 0. The minimum absolute atomic E-state index is 0.0779. The molecule has 0 heterocycles. The van der Waals surface area contributed by atoms with Crippen molar-refractivity contribution >= 4 is 0 Å². The smallest absolute Gasteiger partial charge is 0.104 e. The van der Waals surface area contributed by atoms with Gasteiger partial charge in [0.25, 0.3) is 0 Å². The van der Waals surface area contributed by atoms with Gasteiger partial charge >= 0.3 is 0 Å². The van der Waals surface area contributed by atoms with Crippen molar-refractivity contribution in [3.63, 3.8) is 0 Å². The first-order valence-electron chi connectivity index (χ1n) is 4.72. The van der Waals surface area contributed by atoms with Crippen molar-refractivity contribution in [1.29, 1.82) is 0 Å². The second-order valence-corrected chi connectivity index (χ2v) is 2.49. The molecule has 0 unspecified atom stereocenters. The van der Waals surface area contributed by atoms with Crippen molar-refractivity contribution in [3.8, 4) is 11.8 Å². The molecule has 0 atom stereocenters. The van der Waals surface area contributed by atoms with E-state index in [0.717, 1.165) is 12.8 Å². The molecule has 0 aromatic rings. The van der Waals surface area contributed by atoms with E-state index in [2.05, 4.69) is 11.8 Å². The largest absolute Gasteiger partial charge is 0.396 e. The van der Waals surface area contributed by atoms with E-state index in [9.17, 15) is 0 Å². The molecule has 4 N–H and O–H groups in total. The van der Waals surface area contributed by atoms with E-state index in [1.54, 1.807) is 0 Å². The average Bonchev–Trinajstić information content (AvgIpc) is 2.22. The Morgan fingerprint density at radius 3 is 1.50 bits per heavy atom. The Balaban J connectivity index is 0. The van der Waals surface area contributed by atoms with Gasteiger partial charge in [0, 0.05) is 26.2 Å². The van der Waals surface area contributed by atoms with Crippen LogP contribution in [0.25, 0.3) is 0 Å². The van der Waals surface area contributed by atoms with Crippen LogP contribution >= 0.6 is 0 Å². The van der Waals surface area contributed by atoms with Crippen molar-refractivity contribution in [2.75, 3.05) is 26.4 Å². The Morgan fingerprint density at radius 2 is 1.14 bits per heavy atom. The minimum atomic E-state index is -0.0779. The van der Waals surface area contributed by atoms with Crippen LogP contribution in [-0.2, 0) is 0 Å². The van der Waals surface area contributed by atoms with E-state index in [-0.39, 0.29) is 26.4 Å². The molecule has 0 aromatic heterocycles. The number of aliphatic hydroxyl groups is 4. The number of rotatable bonds is 5. The van der Waals surface area contributed by atoms with Gasteiger partial charge in [-0.25, -0.2) is 0 Å². The van der Waals surface area contributed by atoms with Gasteiger partial charge in [-0.3, -0.25) is 0 Å². The summed E-state index contributed by atoms with van der Waals surface area (Å²) in [7, 11) is 0. The predicted octanol–water partition coefficient (Wildman–Crippen LogP) is -0.494. The van der Waals surface area contributed by atoms with Crippen molar-refractivity contribution in [2.24, 2.45) is 0 Å². The number of hydrogen-bond donors (Lipinski definition) is 4. The maximum absolute atomic E-state index is 8.24. The van der Waals surface area contributed by atoms with Crippen molar-refractivity contribution in [2.45, 2.75) is 25.7 Å². The van der Waals surface area contributed by atoms with Crippen LogP contribution in [0.4, 0.5) is 0 Å². The summed E-state index contributed by atoms with van der Waals surface area (Å²) in [5.74, 6) is 5.15. The normalized spacial score (nSPS) is 8.29. The highest BCUT2D eigenvalue weighted by molar-refractivity contribution is 4.98. The maximum atomic E-state index is 8.24. The van der Waals surface area contributed by atoms with E-state index in [0.29, 0.717) is 12.8 Å². The Morgan fingerprint density at radius 1 is 0.643 bits per heavy atom. The fourth-order valence-electron chi connectivity index (χ4n) is 0.535. The van der Waals surface area contributed by atoms with Crippen LogP contribution in [0.15, 0.2) is 0 Å². The van der Waals surface area contributed by atoms with Gasteiger partial charge in [0.1, 0.15) is 6.61 Å². The zero-order valence-electron chi connectivity index (χ0n) is 8.45. The summed E-state index contributed by atoms with van der Waals surface area (Å²) in [4.78, 5) is 0. The van der Waals surface area contributed by atoms with Crippen LogP contribution in [0.1, 0.15) is 25.7 Å². The summed E-state index contributed by atoms with van der Waals surface area (Å²) in [6.45, 7) is 0.493. The lowest BCUT2D eigenvalue weighted by atomic mass is 10.3. The molecular weight excluding hydrogens is 184 g/mol. The molecule has 0 amide bonds. The Bertz CT molecular complexity index is 133. The average molecular weight is 204 g/mol. The van der Waals surface area contributed by atoms with E-state index < -0.39 is 0 Å². The summed E-state index contributed by atoms with van der Waals surface area (Å²) in [5.41, 5.74) is 0. The zero-order valence-corrected chi connectivity index (χ0v) is 8.45. The number of aliphatic hydroxyl groups excluding tert-OH is 4. The van der Waals surface area contributed by atoms with E-state index in [1.807, 2.05) is 0 Å². The monoisotopic (exact) mass is 204 g/mol. The highest BCUT2D eigenvalue weighted by atomic mass is 16.3. The number of unbranched alkanes of at least 4 members (excludes halogenated alkanes) is 2. The molecule has 0 fully saturated rings. The van der Waals surface area contributed by atoms with Crippen LogP contribution in [-0.4, -0.2) is 46.9 Å². The SMILES string of the molecule is OCC#CCCCO.OCCCCO. The van der Waals surface area contributed by atoms with Crippen LogP contribution < -0.4 is 0 Å². The van der Waals surface area contributed by atoms with Gasteiger partial charge in [0.15, 0.2) is 0 Å². The Hall–Kier alpha value is -0.600. The molecule has 0 saturated carbocycles. The molecule has 0 saturated heterocycles. The van der Waals surface area contributed by atoms with Crippen LogP contribution in [0, 0.1) is 11.8 Å². The third-order valence-corrected chi connectivity index (χ3v) is 1.23. The fraction of sp³-hybridized carbons (Fsp3) is 0.800. The first-order chi connectivity index (χ1) is 6.83. The van der Waals surface area contributed by atoms with Crippen molar-refractivity contribution < 1.29 is 20.4 Å². The standard InChI is InChI=1S/C6H10O2.C4H10O2/c7-5-3-1-2-4-6-8;5-3-1-2-4-6/h7-8H,1,3,5-6H2;5-6H,1-4H2. The van der Waals surface area contributed by atoms with Gasteiger partial charge in [-0.05, 0) is 19.3 Å². The quantitative estimate of drug-likeness (QED) is 0.360. The molecule has 0 aromatic carbocycles. The summed E-state index contributed by atoms with van der Waals surface area (Å²) in [6.07, 6.45) is 2.82. The zero-order chi connectivity index (χ0) is 11.1. The molecule has 84 valence electrons. The van der Waals surface area contributed by atoms with Gasteiger partial charge in [0.2, 0.25) is 0 Å². The summed E-state index contributed by atoms with van der Waals surface area (Å²) >= 11 is 0. The third-order valence-electron chi connectivity index (χ3n) is 1.23. The van der Waals surface area contributed by atoms with Gasteiger partial charge in [-0.1, -0.05) is 5.92 Å². The molecule has 0 rings (SSSR count). The highest BCUT2D eigenvalue weighted by Crippen LogP contribution is 1.81. The molecule has 4 heteroatoms. The Labute approximate surface area is 85.2 Å². The molecule has 0 aliphatic carbocycles. The Kier molecular flexibility index (Phi) is 20.7. The second-order valence-electron chi connectivity index (χ2n) is 2.49. The summed E-state index contributed by atoms with van der Waals surface area (Å²) < 4.78 is 0. The van der Waals surface area contributed by atoms with E-state index in [4.69, 9.17) is 20.4 Å². The van der Waals surface area contributed by atoms with E-state index >= 15 is 0 Å². The first-order valence-corrected chi connectivity index (χ1v) is 4.72. The number of hydrogen-bond acceptors (Lipinski definition) is 4. The lowest BCUT2D eigenvalue weighted by Gasteiger charge is -1.85. The molecule has 0 spiro atoms. The molecule has 0 aliphatic rings. The first kappa shape index (κ1) is 15.9. The fourth-order valence-corrected chi connectivity index (χ4v) is 0.535. The van der Waals surface area contributed by atoms with Crippen molar-refractivity contribution in [3.05, 3.63) is 0 Å². The minimum Gasteiger partial charge on any atom is -0.396 e. The van der Waals surface area contributed by atoms with Crippen LogP contribution in [0.5, 0.6) is 0 Å². The molecule has 0 bridgehead atoms. The van der Waals surface area contributed by atoms with Crippen LogP contribution in [0.3, 0.4) is 0 Å². The molecule has 14 heavy (non-hydrogen) atoms. The molecule has 0 radical (unpaired) electrons. The van der Waals surface area contributed by atoms with Gasteiger partial charge in [-0.15, -0.1) is 5.92 Å². The predicted molar refractivity (Wildman–Crippen MR) is 54.6 cm³/mol. The second kappa shape index (κ2) is 18.2. The van der Waals surface area contributed by atoms with Gasteiger partial charge in [0.05, 0.1) is 0 Å². The molecule has 0 aliphatic heterocycles. The lowest BCUT2D eigenvalue weighted by Crippen LogP contribution is -1.85.